The van der Waals surface area contributed by atoms with Crippen molar-refractivity contribution >= 4 is 0 Å². The smallest absolute Gasteiger partial charge is 0.302 e. The lowest BCUT2D eigenvalue weighted by Crippen LogP contribution is -2.64. The summed E-state index contributed by atoms with van der Waals surface area (Å²) in [5, 5.41) is 12.6. The molecule has 0 aromatic heterocycles. The van der Waals surface area contributed by atoms with Gasteiger partial charge in [0.15, 0.2) is 6.10 Å². The van der Waals surface area contributed by atoms with Crippen LogP contribution in [0.2, 0.25) is 0 Å². The molecule has 5 atom stereocenters. The van der Waals surface area contributed by atoms with E-state index in [0.717, 1.165) is 22.3 Å². The minimum absolute atomic E-state index is 0.123. The van der Waals surface area contributed by atoms with Gasteiger partial charge in [-0.2, -0.15) is 0 Å². The summed E-state index contributed by atoms with van der Waals surface area (Å²) in [7, 11) is 0. The SMILES string of the molecule is Cc1ccc(O[C@@H]2O[C@H](COCc3ccccc3)[C@H](OCc3ccccc3)[C@H](OCc3ccccc3)[C@H]2[N+](=O)[O-])cc1. The number of hydrogen-bond acceptors (Lipinski definition) is 7. The number of aryl methyl sites for hydroxylation is 1. The van der Waals surface area contributed by atoms with Crippen LogP contribution >= 0.6 is 0 Å². The molecule has 1 aliphatic heterocycles. The van der Waals surface area contributed by atoms with Crippen molar-refractivity contribution in [1.82, 2.24) is 0 Å². The summed E-state index contributed by atoms with van der Waals surface area (Å²) in [6.07, 6.45) is -3.73. The maximum absolute atomic E-state index is 12.6. The second-order valence-electron chi connectivity index (χ2n) is 10.3. The van der Waals surface area contributed by atoms with Gasteiger partial charge in [-0.15, -0.1) is 0 Å². The van der Waals surface area contributed by atoms with Gasteiger partial charge in [0.2, 0.25) is 0 Å². The predicted molar refractivity (Wildman–Crippen MR) is 157 cm³/mol. The molecule has 1 heterocycles. The Bertz CT molecular complexity index is 1370. The summed E-state index contributed by atoms with van der Waals surface area (Å²) in [5.41, 5.74) is 3.87. The van der Waals surface area contributed by atoms with Crippen molar-refractivity contribution in [3.8, 4) is 5.75 Å². The van der Waals surface area contributed by atoms with Crippen molar-refractivity contribution in [3.63, 3.8) is 0 Å². The van der Waals surface area contributed by atoms with Gasteiger partial charge in [-0.1, -0.05) is 109 Å². The number of ether oxygens (including phenoxy) is 5. The number of nitro groups is 1. The fourth-order valence-corrected chi connectivity index (χ4v) is 4.89. The maximum Gasteiger partial charge on any atom is 0.302 e. The molecule has 0 amide bonds. The first-order valence-corrected chi connectivity index (χ1v) is 14.0. The Morgan fingerprint density at radius 3 is 1.71 bits per heavy atom. The molecule has 0 aliphatic carbocycles. The summed E-state index contributed by atoms with van der Waals surface area (Å²) < 4.78 is 31.2. The van der Waals surface area contributed by atoms with E-state index in [1.54, 1.807) is 12.1 Å². The zero-order valence-corrected chi connectivity index (χ0v) is 23.5. The molecule has 5 rings (SSSR count). The monoisotopic (exact) mass is 569 g/mol. The minimum Gasteiger partial charge on any atom is -0.457 e. The van der Waals surface area contributed by atoms with Crippen LogP contribution in [0.5, 0.6) is 5.75 Å². The Labute approximate surface area is 245 Å². The summed E-state index contributed by atoms with van der Waals surface area (Å²) in [6, 6.07) is 35.0. The second-order valence-corrected chi connectivity index (χ2v) is 10.3. The number of rotatable bonds is 13. The lowest BCUT2D eigenvalue weighted by molar-refractivity contribution is -0.572. The highest BCUT2D eigenvalue weighted by Crippen LogP contribution is 2.31. The molecule has 0 radical (unpaired) electrons. The fraction of sp³-hybridized carbons (Fsp3) is 0.294. The van der Waals surface area contributed by atoms with E-state index >= 15 is 0 Å². The van der Waals surface area contributed by atoms with Crippen molar-refractivity contribution in [1.29, 1.82) is 0 Å². The Hall–Kier alpha value is -4.08. The van der Waals surface area contributed by atoms with Crippen LogP contribution in [0.25, 0.3) is 0 Å². The predicted octanol–water partition coefficient (Wildman–Crippen LogP) is 6.13. The Kier molecular flexibility index (Phi) is 10.3. The second kappa shape index (κ2) is 14.7. The van der Waals surface area contributed by atoms with E-state index in [1.165, 1.54) is 0 Å². The van der Waals surface area contributed by atoms with Gasteiger partial charge in [0.05, 0.1) is 26.4 Å². The van der Waals surface area contributed by atoms with E-state index in [2.05, 4.69) is 0 Å². The third-order valence-electron chi connectivity index (χ3n) is 7.10. The van der Waals surface area contributed by atoms with E-state index < -0.39 is 35.6 Å². The fourth-order valence-electron chi connectivity index (χ4n) is 4.89. The molecule has 8 nitrogen and oxygen atoms in total. The summed E-state index contributed by atoms with van der Waals surface area (Å²) in [6.45, 7) is 2.82. The van der Waals surface area contributed by atoms with Crippen molar-refractivity contribution in [2.24, 2.45) is 0 Å². The summed E-state index contributed by atoms with van der Waals surface area (Å²) >= 11 is 0. The van der Waals surface area contributed by atoms with E-state index in [0.29, 0.717) is 12.4 Å². The van der Waals surface area contributed by atoms with Crippen molar-refractivity contribution in [2.75, 3.05) is 6.61 Å². The molecule has 4 aromatic carbocycles. The van der Waals surface area contributed by atoms with E-state index in [9.17, 15) is 10.1 Å². The van der Waals surface area contributed by atoms with Gasteiger partial charge in [-0.25, -0.2) is 0 Å². The van der Waals surface area contributed by atoms with Gasteiger partial charge in [-0.05, 0) is 35.7 Å². The van der Waals surface area contributed by atoms with Gasteiger partial charge in [0.25, 0.3) is 6.29 Å². The van der Waals surface area contributed by atoms with Crippen molar-refractivity contribution in [2.45, 2.75) is 57.4 Å². The lowest BCUT2D eigenvalue weighted by atomic mass is 9.96. The van der Waals surface area contributed by atoms with Gasteiger partial charge in [0, 0.05) is 4.92 Å². The van der Waals surface area contributed by atoms with E-state index in [4.69, 9.17) is 23.7 Å². The zero-order valence-electron chi connectivity index (χ0n) is 23.5. The third kappa shape index (κ3) is 8.02. The Balaban J connectivity index is 1.43. The van der Waals surface area contributed by atoms with Crippen LogP contribution < -0.4 is 4.74 Å². The molecule has 1 fully saturated rings. The number of hydrogen-bond donors (Lipinski definition) is 0. The van der Waals surface area contributed by atoms with E-state index in [1.807, 2.05) is 110 Å². The molecule has 218 valence electrons. The van der Waals surface area contributed by atoms with Crippen LogP contribution in [0.1, 0.15) is 22.3 Å². The first-order valence-electron chi connectivity index (χ1n) is 14.0. The lowest BCUT2D eigenvalue weighted by Gasteiger charge is -2.42. The summed E-state index contributed by atoms with van der Waals surface area (Å²) in [4.78, 5) is 12.2. The van der Waals surface area contributed by atoms with Gasteiger partial charge in [-0.3, -0.25) is 10.1 Å². The van der Waals surface area contributed by atoms with Crippen LogP contribution in [0.3, 0.4) is 0 Å². The Morgan fingerprint density at radius 2 is 1.19 bits per heavy atom. The first-order chi connectivity index (χ1) is 20.6. The molecular weight excluding hydrogens is 534 g/mol. The third-order valence-corrected chi connectivity index (χ3v) is 7.10. The molecule has 0 N–H and O–H groups in total. The van der Waals surface area contributed by atoms with Crippen LogP contribution in [0.15, 0.2) is 115 Å². The molecular formula is C34H35NO7. The highest BCUT2D eigenvalue weighted by Gasteiger charge is 2.55. The molecule has 1 aliphatic rings. The highest BCUT2D eigenvalue weighted by molar-refractivity contribution is 5.26. The highest BCUT2D eigenvalue weighted by atomic mass is 16.7. The van der Waals surface area contributed by atoms with Crippen molar-refractivity contribution < 1.29 is 28.6 Å². The molecule has 4 aromatic rings. The molecule has 1 saturated heterocycles. The van der Waals surface area contributed by atoms with Crippen LogP contribution in [-0.4, -0.2) is 42.2 Å². The molecule has 0 saturated carbocycles. The summed E-state index contributed by atoms with van der Waals surface area (Å²) in [5.74, 6) is 0.465. The Morgan fingerprint density at radius 1 is 0.690 bits per heavy atom. The maximum atomic E-state index is 12.6. The standard InChI is InChI=1S/C34H35NO7/c1-25-17-19-29(20-18-25)41-34-31(35(36)37)33(40-23-28-15-9-4-10-16-28)32(39-22-27-13-7-3-8-14-27)30(42-34)24-38-21-26-11-5-2-6-12-26/h2-20,30-34H,21-24H2,1H3/t30-,31-,32+,33-,34-/m1/s1. The number of nitrogens with zero attached hydrogens (tertiary/aromatic N) is 1. The van der Waals surface area contributed by atoms with Gasteiger partial charge in [0.1, 0.15) is 18.0 Å². The minimum atomic E-state index is -1.36. The average molecular weight is 570 g/mol. The quantitative estimate of drug-likeness (QED) is 0.141. The molecule has 8 heteroatoms. The molecule has 0 unspecified atom stereocenters. The van der Waals surface area contributed by atoms with Crippen molar-refractivity contribution in [3.05, 3.63) is 148 Å². The molecule has 0 bridgehead atoms. The first kappa shape index (κ1) is 29.4. The van der Waals surface area contributed by atoms with Gasteiger partial charge >= 0.3 is 6.04 Å². The number of benzene rings is 4. The van der Waals surface area contributed by atoms with E-state index in [-0.39, 0.29) is 19.8 Å². The zero-order chi connectivity index (χ0) is 29.1. The largest absolute Gasteiger partial charge is 0.457 e. The average Bonchev–Trinajstić information content (AvgIpc) is 3.02. The molecule has 42 heavy (non-hydrogen) atoms. The van der Waals surface area contributed by atoms with Gasteiger partial charge < -0.3 is 23.7 Å². The normalized spacial score (nSPS) is 22.0. The topological polar surface area (TPSA) is 89.3 Å². The van der Waals surface area contributed by atoms with Crippen LogP contribution in [-0.2, 0) is 38.8 Å². The van der Waals surface area contributed by atoms with Crippen LogP contribution in [0, 0.1) is 17.0 Å². The molecule has 0 spiro atoms. The van der Waals surface area contributed by atoms with Crippen LogP contribution in [0.4, 0.5) is 0 Å².